The van der Waals surface area contributed by atoms with Crippen molar-refractivity contribution in [2.75, 3.05) is 0 Å². The number of esters is 1. The number of ketones is 2. The predicted octanol–water partition coefficient (Wildman–Crippen LogP) is 3.31. The second kappa shape index (κ2) is 11.5. The number of amides is 1. The van der Waals surface area contributed by atoms with E-state index in [1.54, 1.807) is 24.3 Å². The highest BCUT2D eigenvalue weighted by Crippen LogP contribution is 2.35. The highest BCUT2D eigenvalue weighted by molar-refractivity contribution is 6.01. The van der Waals surface area contributed by atoms with Crippen LogP contribution in [0.2, 0.25) is 0 Å². The predicted molar refractivity (Wildman–Crippen MR) is 123 cm³/mol. The molecule has 2 aromatic rings. The highest BCUT2D eigenvalue weighted by Gasteiger charge is 2.35. The van der Waals surface area contributed by atoms with Crippen molar-refractivity contribution in [1.29, 1.82) is 0 Å². The van der Waals surface area contributed by atoms with E-state index in [1.165, 1.54) is 20.8 Å². The molecule has 0 aromatic heterocycles. The molecule has 7 heteroatoms. The van der Waals surface area contributed by atoms with Gasteiger partial charge in [-0.15, -0.1) is 0 Å². The van der Waals surface area contributed by atoms with E-state index in [1.807, 2.05) is 38.1 Å². The summed E-state index contributed by atoms with van der Waals surface area (Å²) in [5.41, 5.74) is 2.91. The van der Waals surface area contributed by atoms with Gasteiger partial charge in [-0.25, -0.2) is 0 Å². The Morgan fingerprint density at radius 2 is 1.33 bits per heavy atom. The van der Waals surface area contributed by atoms with Gasteiger partial charge in [0.1, 0.15) is 17.7 Å². The van der Waals surface area contributed by atoms with Crippen LogP contribution in [0.15, 0.2) is 48.5 Å². The molecule has 0 aliphatic heterocycles. The third-order valence-corrected chi connectivity index (χ3v) is 5.60. The third-order valence-electron chi connectivity index (χ3n) is 5.60. The van der Waals surface area contributed by atoms with Gasteiger partial charge >= 0.3 is 5.97 Å². The van der Waals surface area contributed by atoms with Gasteiger partial charge in [-0.3, -0.25) is 19.2 Å². The summed E-state index contributed by atoms with van der Waals surface area (Å²) in [5.74, 6) is -3.30. The summed E-state index contributed by atoms with van der Waals surface area (Å²) >= 11 is 0. The van der Waals surface area contributed by atoms with E-state index in [2.05, 4.69) is 5.32 Å². The van der Waals surface area contributed by atoms with Gasteiger partial charge in [0.25, 0.3) is 0 Å². The van der Waals surface area contributed by atoms with Gasteiger partial charge < -0.3 is 15.2 Å². The van der Waals surface area contributed by atoms with E-state index in [4.69, 9.17) is 4.74 Å². The van der Waals surface area contributed by atoms with E-state index in [0.717, 1.165) is 11.1 Å². The van der Waals surface area contributed by atoms with Crippen LogP contribution < -0.4 is 5.32 Å². The first kappa shape index (κ1) is 25.9. The molecular weight excluding hydrogens is 422 g/mol. The average molecular weight is 454 g/mol. The summed E-state index contributed by atoms with van der Waals surface area (Å²) in [6.45, 7) is 7.43. The summed E-state index contributed by atoms with van der Waals surface area (Å²) in [6.07, 6.45) is -2.57. The number of aryl methyl sites for hydroxylation is 2. The standard InChI is InChI=1S/C26H31NO6/c1-15-10-6-8-12-20(15)25(32)26(21-13-9-7-11-16(21)2)33-23(31)14-22(27-19(5)30)24(17(3)28)18(4)29/h6-13,22,24-26,32H,14H2,1-5H3,(H,27,30)/t22-,25+,26+/m1/s1. The first-order valence-corrected chi connectivity index (χ1v) is 10.8. The highest BCUT2D eigenvalue weighted by atomic mass is 16.6. The van der Waals surface area contributed by atoms with Gasteiger partial charge in [-0.1, -0.05) is 48.5 Å². The average Bonchev–Trinajstić information content (AvgIpc) is 2.71. The van der Waals surface area contributed by atoms with E-state index in [9.17, 15) is 24.3 Å². The summed E-state index contributed by atoms with van der Waals surface area (Å²) < 4.78 is 5.75. The van der Waals surface area contributed by atoms with Crippen molar-refractivity contribution in [2.45, 2.75) is 59.3 Å². The lowest BCUT2D eigenvalue weighted by molar-refractivity contribution is -0.157. The molecule has 7 nitrogen and oxygen atoms in total. The molecule has 0 bridgehead atoms. The van der Waals surface area contributed by atoms with E-state index < -0.39 is 54.0 Å². The molecule has 0 fully saturated rings. The third kappa shape index (κ3) is 6.83. The number of aliphatic hydroxyl groups is 1. The molecule has 176 valence electrons. The maximum atomic E-state index is 13.0. The quantitative estimate of drug-likeness (QED) is 0.422. The Bertz CT molecular complexity index is 1020. The van der Waals surface area contributed by atoms with Gasteiger partial charge in [-0.2, -0.15) is 0 Å². The SMILES string of the molecule is CC(=O)N[C@H](CC(=O)O[C@@H](c1ccccc1C)[C@@H](O)c1ccccc1C)C(C(C)=O)C(C)=O. The molecule has 0 saturated heterocycles. The lowest BCUT2D eigenvalue weighted by atomic mass is 9.89. The molecule has 0 unspecified atom stereocenters. The molecule has 0 aliphatic rings. The Labute approximate surface area is 194 Å². The summed E-state index contributed by atoms with van der Waals surface area (Å²) in [5, 5.41) is 13.7. The van der Waals surface area contributed by atoms with Crippen molar-refractivity contribution in [2.24, 2.45) is 5.92 Å². The van der Waals surface area contributed by atoms with Crippen LogP contribution in [0, 0.1) is 19.8 Å². The fourth-order valence-electron chi connectivity index (χ4n) is 4.02. The zero-order valence-electron chi connectivity index (χ0n) is 19.6. The minimum absolute atomic E-state index is 0.397. The molecule has 0 aliphatic carbocycles. The maximum Gasteiger partial charge on any atom is 0.308 e. The monoisotopic (exact) mass is 453 g/mol. The second-order valence-electron chi connectivity index (χ2n) is 8.28. The maximum absolute atomic E-state index is 13.0. The first-order chi connectivity index (χ1) is 15.5. The van der Waals surface area contributed by atoms with Crippen LogP contribution in [0.25, 0.3) is 0 Å². The number of ether oxygens (including phenoxy) is 1. The van der Waals surface area contributed by atoms with Gasteiger partial charge in [0, 0.05) is 6.92 Å². The van der Waals surface area contributed by atoms with Crippen LogP contribution in [0.5, 0.6) is 0 Å². The number of nitrogens with one attached hydrogen (secondary N) is 1. The fourth-order valence-corrected chi connectivity index (χ4v) is 4.02. The number of hydrogen-bond donors (Lipinski definition) is 2. The van der Waals surface area contributed by atoms with E-state index in [-0.39, 0.29) is 0 Å². The van der Waals surface area contributed by atoms with Crippen molar-refractivity contribution in [3.8, 4) is 0 Å². The lowest BCUT2D eigenvalue weighted by Crippen LogP contribution is -2.46. The number of carbonyl (C=O) groups excluding carboxylic acids is 4. The van der Waals surface area contributed by atoms with Crippen molar-refractivity contribution in [3.63, 3.8) is 0 Å². The lowest BCUT2D eigenvalue weighted by Gasteiger charge is -2.28. The molecule has 0 radical (unpaired) electrons. The number of carbonyl (C=O) groups is 4. The molecule has 3 atom stereocenters. The Hall–Kier alpha value is -3.32. The largest absolute Gasteiger partial charge is 0.454 e. The Morgan fingerprint density at radius 3 is 1.79 bits per heavy atom. The Morgan fingerprint density at radius 1 is 0.848 bits per heavy atom. The molecule has 33 heavy (non-hydrogen) atoms. The van der Waals surface area contributed by atoms with E-state index in [0.29, 0.717) is 11.1 Å². The molecule has 2 N–H and O–H groups in total. The fraction of sp³-hybridized carbons (Fsp3) is 0.385. The van der Waals surface area contributed by atoms with E-state index >= 15 is 0 Å². The molecule has 0 saturated carbocycles. The van der Waals surface area contributed by atoms with Gasteiger partial charge in [-0.05, 0) is 49.9 Å². The number of rotatable bonds is 10. The van der Waals surface area contributed by atoms with Gasteiger partial charge in [0.15, 0.2) is 6.10 Å². The molecule has 0 heterocycles. The van der Waals surface area contributed by atoms with Crippen LogP contribution in [0.4, 0.5) is 0 Å². The zero-order chi connectivity index (χ0) is 24.7. The molecule has 2 rings (SSSR count). The van der Waals surface area contributed by atoms with Gasteiger partial charge in [0.05, 0.1) is 18.4 Å². The minimum Gasteiger partial charge on any atom is -0.454 e. The van der Waals surface area contributed by atoms with Crippen molar-refractivity contribution in [3.05, 3.63) is 70.8 Å². The normalized spacial score (nSPS) is 13.7. The van der Waals surface area contributed by atoms with Crippen LogP contribution >= 0.6 is 0 Å². The number of aliphatic hydroxyl groups excluding tert-OH is 1. The van der Waals surface area contributed by atoms with Crippen LogP contribution in [0.3, 0.4) is 0 Å². The smallest absolute Gasteiger partial charge is 0.308 e. The summed E-state index contributed by atoms with van der Waals surface area (Å²) in [7, 11) is 0. The van der Waals surface area contributed by atoms with Crippen molar-refractivity contribution >= 4 is 23.4 Å². The molecule has 0 spiro atoms. The number of Topliss-reactive ketones (excluding diaryl/α,β-unsaturated/α-hetero) is 2. The second-order valence-corrected chi connectivity index (χ2v) is 8.28. The topological polar surface area (TPSA) is 110 Å². The van der Waals surface area contributed by atoms with Crippen molar-refractivity contribution < 1.29 is 29.0 Å². The molecular formula is C26H31NO6. The molecule has 1 amide bonds. The van der Waals surface area contributed by atoms with Gasteiger partial charge in [0.2, 0.25) is 5.91 Å². The van der Waals surface area contributed by atoms with Crippen LogP contribution in [0.1, 0.15) is 61.7 Å². The number of hydrogen-bond acceptors (Lipinski definition) is 6. The summed E-state index contributed by atoms with van der Waals surface area (Å²) in [6, 6.07) is 13.5. The van der Waals surface area contributed by atoms with Crippen LogP contribution in [-0.2, 0) is 23.9 Å². The Balaban J connectivity index is 2.38. The minimum atomic E-state index is -1.17. The Kier molecular flexibility index (Phi) is 9.05. The molecule has 2 aromatic carbocycles. The van der Waals surface area contributed by atoms with Crippen molar-refractivity contribution in [1.82, 2.24) is 5.32 Å². The number of benzene rings is 2. The zero-order valence-corrected chi connectivity index (χ0v) is 19.6. The summed E-state index contributed by atoms with van der Waals surface area (Å²) in [4.78, 5) is 48.8. The first-order valence-electron chi connectivity index (χ1n) is 10.8. The van der Waals surface area contributed by atoms with Crippen LogP contribution in [-0.4, -0.2) is 34.6 Å².